The summed E-state index contributed by atoms with van der Waals surface area (Å²) in [6.07, 6.45) is 0.313. The summed E-state index contributed by atoms with van der Waals surface area (Å²) in [5.41, 5.74) is 0.815. The van der Waals surface area contributed by atoms with Crippen molar-refractivity contribution in [1.29, 1.82) is 0 Å². The van der Waals surface area contributed by atoms with E-state index in [2.05, 4.69) is 6.58 Å². The Kier molecular flexibility index (Phi) is 7.01. The fraction of sp³-hybridized carbons (Fsp3) is 0.750. The fourth-order valence-corrected chi connectivity index (χ4v) is 1.44. The molecule has 4 heteroatoms. The first-order chi connectivity index (χ1) is 7.52. The number of carbonyl (C=O) groups excluding carboxylic acids is 1. The van der Waals surface area contributed by atoms with Crippen LogP contribution in [0.1, 0.15) is 34.1 Å². The van der Waals surface area contributed by atoms with Crippen LogP contribution in [0.2, 0.25) is 0 Å². The Labute approximate surface area is 97.6 Å². The van der Waals surface area contributed by atoms with E-state index >= 15 is 0 Å². The lowest BCUT2D eigenvalue weighted by molar-refractivity contribution is -0.245. The Morgan fingerprint density at radius 3 is 1.94 bits per heavy atom. The highest BCUT2D eigenvalue weighted by molar-refractivity contribution is 5.78. The second-order valence-electron chi connectivity index (χ2n) is 3.47. The second-order valence-corrected chi connectivity index (χ2v) is 3.47. The Morgan fingerprint density at radius 1 is 1.12 bits per heavy atom. The summed E-state index contributed by atoms with van der Waals surface area (Å²) in [5.74, 6) is -1.81. The van der Waals surface area contributed by atoms with Gasteiger partial charge in [0.2, 0.25) is 0 Å². The van der Waals surface area contributed by atoms with Crippen LogP contribution in [-0.4, -0.2) is 31.6 Å². The SMILES string of the molecule is C=C(C)CC(OCC)(OCC)C(=O)OCC. The quantitative estimate of drug-likeness (QED) is 0.364. The smallest absolute Gasteiger partial charge is 0.367 e. The topological polar surface area (TPSA) is 44.8 Å². The summed E-state index contributed by atoms with van der Waals surface area (Å²) in [6.45, 7) is 12.0. The summed E-state index contributed by atoms with van der Waals surface area (Å²) in [7, 11) is 0. The molecule has 0 aromatic heterocycles. The van der Waals surface area contributed by atoms with E-state index in [1.54, 1.807) is 6.92 Å². The van der Waals surface area contributed by atoms with E-state index in [1.165, 1.54) is 0 Å². The minimum Gasteiger partial charge on any atom is -0.462 e. The van der Waals surface area contributed by atoms with Gasteiger partial charge in [0.25, 0.3) is 5.79 Å². The van der Waals surface area contributed by atoms with Gasteiger partial charge in [0, 0.05) is 19.6 Å². The van der Waals surface area contributed by atoms with Gasteiger partial charge in [0.1, 0.15) is 0 Å². The van der Waals surface area contributed by atoms with Gasteiger partial charge in [-0.2, -0.15) is 0 Å². The number of rotatable bonds is 8. The zero-order valence-corrected chi connectivity index (χ0v) is 10.7. The summed E-state index contributed by atoms with van der Waals surface area (Å²) in [6, 6.07) is 0. The molecule has 0 saturated heterocycles. The molecule has 0 fully saturated rings. The van der Waals surface area contributed by atoms with Gasteiger partial charge in [-0.25, -0.2) is 4.79 Å². The monoisotopic (exact) mass is 230 g/mol. The molecular formula is C12H22O4. The van der Waals surface area contributed by atoms with E-state index < -0.39 is 11.8 Å². The van der Waals surface area contributed by atoms with Crippen LogP contribution in [0.25, 0.3) is 0 Å². The van der Waals surface area contributed by atoms with E-state index in [0.717, 1.165) is 5.57 Å². The first-order valence-corrected chi connectivity index (χ1v) is 5.61. The van der Waals surface area contributed by atoms with Crippen LogP contribution in [0.15, 0.2) is 12.2 Å². The minimum absolute atomic E-state index is 0.303. The third-order valence-corrected chi connectivity index (χ3v) is 1.88. The van der Waals surface area contributed by atoms with Crippen molar-refractivity contribution in [3.63, 3.8) is 0 Å². The van der Waals surface area contributed by atoms with Crippen LogP contribution in [0.4, 0.5) is 0 Å². The highest BCUT2D eigenvalue weighted by Crippen LogP contribution is 2.24. The van der Waals surface area contributed by atoms with Gasteiger partial charge in [-0.15, -0.1) is 0 Å². The van der Waals surface area contributed by atoms with Gasteiger partial charge in [0.15, 0.2) is 0 Å². The number of esters is 1. The van der Waals surface area contributed by atoms with E-state index in [9.17, 15) is 4.79 Å². The van der Waals surface area contributed by atoms with Gasteiger partial charge in [0.05, 0.1) is 6.61 Å². The average molecular weight is 230 g/mol. The highest BCUT2D eigenvalue weighted by atomic mass is 16.7. The van der Waals surface area contributed by atoms with Crippen molar-refractivity contribution in [1.82, 2.24) is 0 Å². The Bertz CT molecular complexity index is 229. The average Bonchev–Trinajstić information content (AvgIpc) is 2.17. The summed E-state index contributed by atoms with van der Waals surface area (Å²) in [4.78, 5) is 11.9. The second kappa shape index (κ2) is 7.41. The maximum absolute atomic E-state index is 11.9. The molecule has 0 bridgehead atoms. The molecule has 0 unspecified atom stereocenters. The van der Waals surface area contributed by atoms with E-state index in [0.29, 0.717) is 26.2 Å². The predicted molar refractivity (Wildman–Crippen MR) is 62.0 cm³/mol. The number of hydrogen-bond donors (Lipinski definition) is 0. The molecule has 0 spiro atoms. The number of hydrogen-bond acceptors (Lipinski definition) is 4. The summed E-state index contributed by atoms with van der Waals surface area (Å²) >= 11 is 0. The van der Waals surface area contributed by atoms with Gasteiger partial charge < -0.3 is 14.2 Å². The molecule has 0 N–H and O–H groups in total. The maximum Gasteiger partial charge on any atom is 0.367 e. The first kappa shape index (κ1) is 15.1. The predicted octanol–water partition coefficient (Wildman–Crippen LogP) is 2.29. The van der Waals surface area contributed by atoms with Crippen LogP contribution >= 0.6 is 0 Å². The van der Waals surface area contributed by atoms with Crippen LogP contribution in [-0.2, 0) is 19.0 Å². The van der Waals surface area contributed by atoms with Gasteiger partial charge >= 0.3 is 5.97 Å². The van der Waals surface area contributed by atoms with Gasteiger partial charge in [-0.3, -0.25) is 0 Å². The molecule has 0 atom stereocenters. The summed E-state index contributed by atoms with van der Waals surface area (Å²) < 4.78 is 15.9. The first-order valence-electron chi connectivity index (χ1n) is 5.61. The molecule has 0 heterocycles. The van der Waals surface area contributed by atoms with Crippen molar-refractivity contribution in [2.75, 3.05) is 19.8 Å². The molecule has 0 aliphatic carbocycles. The van der Waals surface area contributed by atoms with E-state index in [4.69, 9.17) is 14.2 Å². The van der Waals surface area contributed by atoms with Crippen molar-refractivity contribution in [3.05, 3.63) is 12.2 Å². The third kappa shape index (κ3) is 4.33. The molecule has 0 aliphatic heterocycles. The molecule has 0 amide bonds. The van der Waals surface area contributed by atoms with Crippen molar-refractivity contribution in [3.8, 4) is 0 Å². The zero-order valence-electron chi connectivity index (χ0n) is 10.7. The molecule has 0 radical (unpaired) electrons. The Morgan fingerprint density at radius 2 is 1.62 bits per heavy atom. The number of ether oxygens (including phenoxy) is 3. The fourth-order valence-electron chi connectivity index (χ4n) is 1.44. The van der Waals surface area contributed by atoms with Gasteiger partial charge in [-0.1, -0.05) is 12.2 Å². The van der Waals surface area contributed by atoms with Crippen LogP contribution in [0.3, 0.4) is 0 Å². The molecule has 16 heavy (non-hydrogen) atoms. The molecule has 0 rings (SSSR count). The third-order valence-electron chi connectivity index (χ3n) is 1.88. The Balaban J connectivity index is 4.89. The van der Waals surface area contributed by atoms with Gasteiger partial charge in [-0.05, 0) is 27.7 Å². The summed E-state index contributed by atoms with van der Waals surface area (Å²) in [5, 5.41) is 0. The lowest BCUT2D eigenvalue weighted by Crippen LogP contribution is -2.46. The largest absolute Gasteiger partial charge is 0.462 e. The molecule has 0 aromatic rings. The van der Waals surface area contributed by atoms with Crippen molar-refractivity contribution in [2.45, 2.75) is 39.9 Å². The molecule has 94 valence electrons. The lowest BCUT2D eigenvalue weighted by Gasteiger charge is -2.30. The standard InChI is InChI=1S/C12H22O4/c1-6-14-11(13)12(15-7-2,16-8-3)9-10(4)5/h4,6-9H2,1-3,5H3. The molecule has 0 saturated carbocycles. The van der Waals surface area contributed by atoms with E-state index in [-0.39, 0.29) is 0 Å². The van der Waals surface area contributed by atoms with E-state index in [1.807, 2.05) is 20.8 Å². The lowest BCUT2D eigenvalue weighted by atomic mass is 10.1. The van der Waals surface area contributed by atoms with Crippen molar-refractivity contribution < 1.29 is 19.0 Å². The number of carbonyl (C=O) groups is 1. The van der Waals surface area contributed by atoms with Crippen LogP contribution in [0, 0.1) is 0 Å². The minimum atomic E-state index is -1.33. The maximum atomic E-state index is 11.9. The molecular weight excluding hydrogens is 208 g/mol. The molecule has 4 nitrogen and oxygen atoms in total. The van der Waals surface area contributed by atoms with Crippen molar-refractivity contribution in [2.24, 2.45) is 0 Å². The Hall–Kier alpha value is -0.870. The van der Waals surface area contributed by atoms with Crippen molar-refractivity contribution >= 4 is 5.97 Å². The molecule has 0 aromatic carbocycles. The zero-order chi connectivity index (χ0) is 12.6. The van der Waals surface area contributed by atoms with Crippen LogP contribution in [0.5, 0.6) is 0 Å². The normalized spacial score (nSPS) is 11.2. The molecule has 0 aliphatic rings. The van der Waals surface area contributed by atoms with Crippen LogP contribution < -0.4 is 0 Å². The highest BCUT2D eigenvalue weighted by Gasteiger charge is 2.42.